The van der Waals surface area contributed by atoms with Crippen LogP contribution in [0.25, 0.3) is 17.2 Å². The van der Waals surface area contributed by atoms with Gasteiger partial charge in [-0.15, -0.1) is 0 Å². The van der Waals surface area contributed by atoms with E-state index in [4.69, 9.17) is 0 Å². The Labute approximate surface area is 288 Å². The zero-order valence-electron chi connectivity index (χ0n) is 28.4. The van der Waals surface area contributed by atoms with Gasteiger partial charge in [-0.2, -0.15) is 0 Å². The molecule has 5 heteroatoms. The van der Waals surface area contributed by atoms with Gasteiger partial charge in [-0.3, -0.25) is 9.59 Å². The summed E-state index contributed by atoms with van der Waals surface area (Å²) in [5.74, 6) is -1.49. The Balaban J connectivity index is 1.12. The summed E-state index contributed by atoms with van der Waals surface area (Å²) < 4.78 is 0. The molecule has 3 atom stereocenters. The van der Waals surface area contributed by atoms with E-state index in [1.807, 2.05) is 6.07 Å². The lowest BCUT2D eigenvalue weighted by atomic mass is 9.76. The van der Waals surface area contributed by atoms with Crippen LogP contribution in [0.5, 0.6) is 0 Å². The molecule has 1 heterocycles. The van der Waals surface area contributed by atoms with Crippen molar-refractivity contribution in [2.24, 2.45) is 0 Å². The number of carbonyl (C=O) groups is 3. The Kier molecular flexibility index (Phi) is 7.89. The number of carboxylic acid groups (broad SMARTS) is 1. The van der Waals surface area contributed by atoms with Crippen molar-refractivity contribution in [2.45, 2.75) is 95.4 Å². The lowest BCUT2D eigenvalue weighted by Crippen LogP contribution is -2.27. The normalized spacial score (nSPS) is 22.3. The number of carbonyl (C=O) groups excluding carboxylic acids is 2. The monoisotopic (exact) mass is 649 g/mol. The largest absolute Gasteiger partial charge is 0.478 e. The van der Waals surface area contributed by atoms with Crippen molar-refractivity contribution in [2.75, 3.05) is 4.90 Å². The van der Waals surface area contributed by atoms with Gasteiger partial charge >= 0.3 is 5.97 Å². The SMILES string of the molecule is CCCCCCCCC1(C)c2ccccc2-c2ccc(N3c4ccc(/C=C5/C(=O)c6ccc(C(=O)O)cc6C5=O)cc4C4CCCC43)cc21. The fourth-order valence-corrected chi connectivity index (χ4v) is 9.30. The summed E-state index contributed by atoms with van der Waals surface area (Å²) >= 11 is 0. The number of carboxylic acids is 1. The quantitative estimate of drug-likeness (QED) is 0.105. The molecular weight excluding hydrogens is 606 g/mol. The minimum Gasteiger partial charge on any atom is -0.478 e. The lowest BCUT2D eigenvalue weighted by Gasteiger charge is -2.31. The third kappa shape index (κ3) is 5.08. The van der Waals surface area contributed by atoms with Crippen molar-refractivity contribution < 1.29 is 19.5 Å². The van der Waals surface area contributed by atoms with Crippen LogP contribution in [-0.4, -0.2) is 28.7 Å². The van der Waals surface area contributed by atoms with E-state index in [1.54, 1.807) is 6.08 Å². The van der Waals surface area contributed by atoms with Crippen LogP contribution in [-0.2, 0) is 5.41 Å². The van der Waals surface area contributed by atoms with Crippen LogP contribution in [0.15, 0.2) is 84.4 Å². The standard InChI is InChI=1S/C44H43NO4/c1-3-4-5-6-7-10-22-44(2)37-14-9-8-12-30(37)31-20-18-29(26-38(31)44)45-39-15-11-13-32(39)34-23-27(16-21-40(34)45)24-36-41(46)33-19-17-28(43(48)49)25-35(33)42(36)47/h8-9,12,14,16-21,23-26,32,39H,3-7,10-11,13,15,22H2,1-2H3,(H,48,49)/b36-24-. The van der Waals surface area contributed by atoms with Gasteiger partial charge in [-0.1, -0.05) is 95.2 Å². The Hall–Kier alpha value is -4.77. The van der Waals surface area contributed by atoms with Crippen LogP contribution in [0.4, 0.5) is 11.4 Å². The van der Waals surface area contributed by atoms with Crippen molar-refractivity contribution in [3.8, 4) is 11.1 Å². The Morgan fingerprint density at radius 1 is 0.816 bits per heavy atom. The first-order valence-electron chi connectivity index (χ1n) is 18.2. The summed E-state index contributed by atoms with van der Waals surface area (Å²) in [6.07, 6.45) is 14.0. The van der Waals surface area contributed by atoms with Crippen LogP contribution >= 0.6 is 0 Å². The van der Waals surface area contributed by atoms with Crippen molar-refractivity contribution in [3.63, 3.8) is 0 Å². The first kappa shape index (κ1) is 31.5. The van der Waals surface area contributed by atoms with Gasteiger partial charge in [0.1, 0.15) is 0 Å². The fraction of sp³-hybridized carbons (Fsp3) is 0.341. The molecule has 1 aliphatic heterocycles. The highest BCUT2D eigenvalue weighted by molar-refractivity contribution is 6.41. The second-order valence-corrected chi connectivity index (χ2v) is 14.7. The fourth-order valence-electron chi connectivity index (χ4n) is 9.30. The Bertz CT molecular complexity index is 2060. The highest BCUT2D eigenvalue weighted by Crippen LogP contribution is 2.56. The number of ketones is 2. The molecule has 0 saturated heterocycles. The van der Waals surface area contributed by atoms with Gasteiger partial charge in [0.25, 0.3) is 0 Å². The molecule has 3 aliphatic carbocycles. The van der Waals surface area contributed by atoms with E-state index in [0.717, 1.165) is 24.8 Å². The maximum Gasteiger partial charge on any atom is 0.335 e. The summed E-state index contributed by atoms with van der Waals surface area (Å²) in [6, 6.07) is 27.0. The summed E-state index contributed by atoms with van der Waals surface area (Å²) in [4.78, 5) is 40.6. The van der Waals surface area contributed by atoms with Gasteiger partial charge in [0, 0.05) is 39.9 Å². The molecule has 4 aromatic carbocycles. The molecule has 0 aromatic heterocycles. The molecule has 3 unspecified atom stereocenters. The number of nitrogens with zero attached hydrogens (tertiary/aromatic N) is 1. The molecule has 49 heavy (non-hydrogen) atoms. The van der Waals surface area contributed by atoms with E-state index in [9.17, 15) is 19.5 Å². The van der Waals surface area contributed by atoms with E-state index in [-0.39, 0.29) is 33.5 Å². The number of benzene rings is 4. The summed E-state index contributed by atoms with van der Waals surface area (Å²) in [5.41, 5.74) is 10.7. The number of rotatable bonds is 10. The van der Waals surface area contributed by atoms with E-state index in [2.05, 4.69) is 73.3 Å². The van der Waals surface area contributed by atoms with Crippen LogP contribution in [0.3, 0.4) is 0 Å². The van der Waals surface area contributed by atoms with Crippen LogP contribution in [0, 0.1) is 0 Å². The van der Waals surface area contributed by atoms with Gasteiger partial charge in [-0.05, 0) is 101 Å². The van der Waals surface area contributed by atoms with Crippen molar-refractivity contribution in [1.82, 2.24) is 0 Å². The average Bonchev–Trinajstić information content (AvgIpc) is 3.83. The molecule has 4 aliphatic rings. The number of anilines is 2. The topological polar surface area (TPSA) is 74.7 Å². The summed E-state index contributed by atoms with van der Waals surface area (Å²) in [7, 11) is 0. The first-order chi connectivity index (χ1) is 23.8. The lowest BCUT2D eigenvalue weighted by molar-refractivity contribution is 0.0696. The van der Waals surface area contributed by atoms with E-state index >= 15 is 0 Å². The van der Waals surface area contributed by atoms with Crippen molar-refractivity contribution in [1.29, 1.82) is 0 Å². The first-order valence-corrected chi connectivity index (χ1v) is 18.2. The number of hydrogen-bond acceptors (Lipinski definition) is 4. The molecule has 4 aromatic rings. The Morgan fingerprint density at radius 3 is 2.41 bits per heavy atom. The minimum atomic E-state index is -1.12. The predicted octanol–water partition coefficient (Wildman–Crippen LogP) is 10.7. The number of aromatic carboxylic acids is 1. The van der Waals surface area contributed by atoms with Crippen LogP contribution in [0.1, 0.15) is 137 Å². The molecule has 0 amide bonds. The molecule has 0 radical (unpaired) electrons. The van der Waals surface area contributed by atoms with Gasteiger partial charge in [-0.25, -0.2) is 4.79 Å². The molecule has 8 rings (SSSR count). The number of unbranched alkanes of at least 4 members (excludes halogenated alkanes) is 5. The average molecular weight is 650 g/mol. The number of hydrogen-bond donors (Lipinski definition) is 1. The zero-order valence-corrected chi connectivity index (χ0v) is 28.4. The molecule has 1 saturated carbocycles. The van der Waals surface area contributed by atoms with Gasteiger partial charge in [0.15, 0.2) is 11.6 Å². The second kappa shape index (κ2) is 12.3. The highest BCUT2D eigenvalue weighted by atomic mass is 16.4. The molecule has 248 valence electrons. The third-order valence-electron chi connectivity index (χ3n) is 11.8. The second-order valence-electron chi connectivity index (χ2n) is 14.7. The van der Waals surface area contributed by atoms with Gasteiger partial charge in [0.2, 0.25) is 0 Å². The van der Waals surface area contributed by atoms with E-state index in [0.29, 0.717) is 12.0 Å². The number of fused-ring (bicyclic) bond motifs is 7. The van der Waals surface area contributed by atoms with Crippen LogP contribution in [0.2, 0.25) is 0 Å². The van der Waals surface area contributed by atoms with Gasteiger partial charge < -0.3 is 10.0 Å². The molecule has 1 fully saturated rings. The smallest absolute Gasteiger partial charge is 0.335 e. The van der Waals surface area contributed by atoms with Crippen molar-refractivity contribution >= 4 is 35.0 Å². The molecule has 5 nitrogen and oxygen atoms in total. The maximum atomic E-state index is 13.3. The zero-order chi connectivity index (χ0) is 33.9. The van der Waals surface area contributed by atoms with E-state index < -0.39 is 11.8 Å². The van der Waals surface area contributed by atoms with Crippen molar-refractivity contribution in [3.05, 3.63) is 123 Å². The van der Waals surface area contributed by atoms with Crippen LogP contribution < -0.4 is 4.90 Å². The summed E-state index contributed by atoms with van der Waals surface area (Å²) in [6.45, 7) is 4.73. The maximum absolute atomic E-state index is 13.3. The van der Waals surface area contributed by atoms with Gasteiger partial charge in [0.05, 0.1) is 11.1 Å². The highest BCUT2D eigenvalue weighted by Gasteiger charge is 2.44. The third-order valence-corrected chi connectivity index (χ3v) is 11.8. The molecule has 0 bridgehead atoms. The molecule has 0 spiro atoms. The number of Topliss-reactive ketones (excluding diaryl/α,β-unsaturated/α-hetero) is 2. The number of allylic oxidation sites excluding steroid dienone is 1. The minimum absolute atomic E-state index is 0.00389. The molecule has 1 N–H and O–H groups in total. The predicted molar refractivity (Wildman–Crippen MR) is 195 cm³/mol. The molecular formula is C44H43NO4. The van der Waals surface area contributed by atoms with E-state index in [1.165, 1.54) is 102 Å². The Morgan fingerprint density at radius 2 is 1.57 bits per heavy atom. The summed E-state index contributed by atoms with van der Waals surface area (Å²) in [5, 5.41) is 9.40.